The van der Waals surface area contributed by atoms with Crippen molar-refractivity contribution in [3.05, 3.63) is 53.5 Å². The molecule has 0 aliphatic carbocycles. The number of hydrogen-bond donors (Lipinski definition) is 1. The van der Waals surface area contributed by atoms with Crippen LogP contribution in [-0.4, -0.2) is 56.7 Å². The summed E-state index contributed by atoms with van der Waals surface area (Å²) in [7, 11) is 5.40. The molecule has 4 rings (SSSR count). The van der Waals surface area contributed by atoms with Gasteiger partial charge < -0.3 is 19.7 Å². The first-order valence-electron chi connectivity index (χ1n) is 9.28. The third kappa shape index (κ3) is 3.21. The molecular weight excluding hydrogens is 356 g/mol. The van der Waals surface area contributed by atoms with Crippen LogP contribution in [0, 0.1) is 0 Å². The molecule has 3 heterocycles. The summed E-state index contributed by atoms with van der Waals surface area (Å²) in [5.41, 5.74) is 3.42. The zero-order valence-corrected chi connectivity index (χ0v) is 16.3. The molecule has 8 heteroatoms. The van der Waals surface area contributed by atoms with Gasteiger partial charge in [-0.2, -0.15) is 5.10 Å². The highest BCUT2D eigenvalue weighted by molar-refractivity contribution is 5.98. The minimum Gasteiger partial charge on any atom is -0.345 e. The molecule has 0 saturated heterocycles. The Morgan fingerprint density at radius 2 is 1.96 bits per heavy atom. The van der Waals surface area contributed by atoms with Crippen LogP contribution in [0.1, 0.15) is 21.9 Å². The van der Waals surface area contributed by atoms with E-state index in [1.54, 1.807) is 23.9 Å². The van der Waals surface area contributed by atoms with E-state index in [1.807, 2.05) is 52.7 Å². The SMILES string of the molecule is CN(C)C(=O)N1CCn2nc(CNC(=O)c3cc4ccccc4n3C)cc2C1. The summed E-state index contributed by atoms with van der Waals surface area (Å²) >= 11 is 0. The second-order valence-corrected chi connectivity index (χ2v) is 7.28. The monoisotopic (exact) mass is 380 g/mol. The van der Waals surface area contributed by atoms with Crippen LogP contribution in [0.3, 0.4) is 0 Å². The number of nitrogens with zero attached hydrogens (tertiary/aromatic N) is 5. The van der Waals surface area contributed by atoms with Crippen molar-refractivity contribution in [1.29, 1.82) is 0 Å². The summed E-state index contributed by atoms with van der Waals surface area (Å²) in [5.74, 6) is -0.130. The molecule has 3 aromatic rings. The zero-order valence-electron chi connectivity index (χ0n) is 16.3. The van der Waals surface area contributed by atoms with Gasteiger partial charge in [-0.1, -0.05) is 18.2 Å². The fourth-order valence-electron chi connectivity index (χ4n) is 3.63. The Morgan fingerprint density at radius 1 is 1.18 bits per heavy atom. The second kappa shape index (κ2) is 7.03. The predicted octanol–water partition coefficient (Wildman–Crippen LogP) is 1.80. The van der Waals surface area contributed by atoms with Crippen LogP contribution in [0.5, 0.6) is 0 Å². The standard InChI is InChI=1S/C20H24N6O2/c1-23(2)20(28)25-8-9-26-16(13-25)11-15(22-26)12-21-19(27)18-10-14-6-4-5-7-17(14)24(18)3/h4-7,10-11H,8-9,12-13H2,1-3H3,(H,21,27). The molecule has 1 aliphatic heterocycles. The Kier molecular flexibility index (Phi) is 4.54. The number of aromatic nitrogens is 3. The number of fused-ring (bicyclic) bond motifs is 2. The molecule has 0 fully saturated rings. The highest BCUT2D eigenvalue weighted by Crippen LogP contribution is 2.19. The van der Waals surface area contributed by atoms with Gasteiger partial charge in [0.05, 0.1) is 31.0 Å². The molecule has 28 heavy (non-hydrogen) atoms. The van der Waals surface area contributed by atoms with Gasteiger partial charge in [0, 0.05) is 38.6 Å². The van der Waals surface area contributed by atoms with E-state index in [4.69, 9.17) is 0 Å². The maximum Gasteiger partial charge on any atom is 0.319 e. The molecule has 0 unspecified atom stereocenters. The van der Waals surface area contributed by atoms with E-state index in [0.717, 1.165) is 22.3 Å². The Balaban J connectivity index is 1.44. The number of rotatable bonds is 3. The van der Waals surface area contributed by atoms with Gasteiger partial charge in [0.15, 0.2) is 0 Å². The first kappa shape index (κ1) is 18.1. The van der Waals surface area contributed by atoms with E-state index in [-0.39, 0.29) is 11.9 Å². The zero-order chi connectivity index (χ0) is 19.8. The summed E-state index contributed by atoms with van der Waals surface area (Å²) in [6.45, 7) is 2.17. The average molecular weight is 380 g/mol. The number of aryl methyl sites for hydroxylation is 1. The predicted molar refractivity (Wildman–Crippen MR) is 106 cm³/mol. The topological polar surface area (TPSA) is 75.4 Å². The van der Waals surface area contributed by atoms with E-state index in [9.17, 15) is 9.59 Å². The van der Waals surface area contributed by atoms with Gasteiger partial charge in [-0.05, 0) is 18.2 Å². The van der Waals surface area contributed by atoms with Crippen LogP contribution in [-0.2, 0) is 26.7 Å². The van der Waals surface area contributed by atoms with Crippen molar-refractivity contribution in [1.82, 2.24) is 29.5 Å². The highest BCUT2D eigenvalue weighted by atomic mass is 16.2. The van der Waals surface area contributed by atoms with E-state index in [0.29, 0.717) is 31.9 Å². The molecule has 1 aliphatic rings. The number of urea groups is 1. The summed E-state index contributed by atoms with van der Waals surface area (Å²) in [4.78, 5) is 28.2. The first-order chi connectivity index (χ1) is 13.4. The third-order valence-electron chi connectivity index (χ3n) is 5.12. The number of nitrogens with one attached hydrogen (secondary N) is 1. The van der Waals surface area contributed by atoms with Crippen molar-refractivity contribution < 1.29 is 9.59 Å². The number of benzene rings is 1. The van der Waals surface area contributed by atoms with E-state index in [2.05, 4.69) is 10.4 Å². The maximum absolute atomic E-state index is 12.6. The first-order valence-corrected chi connectivity index (χ1v) is 9.28. The third-order valence-corrected chi connectivity index (χ3v) is 5.12. The van der Waals surface area contributed by atoms with Gasteiger partial charge in [0.1, 0.15) is 5.69 Å². The van der Waals surface area contributed by atoms with Crippen LogP contribution >= 0.6 is 0 Å². The fraction of sp³-hybridized carbons (Fsp3) is 0.350. The van der Waals surface area contributed by atoms with Crippen molar-refractivity contribution >= 4 is 22.8 Å². The van der Waals surface area contributed by atoms with Crippen LogP contribution in [0.2, 0.25) is 0 Å². The number of para-hydroxylation sites is 1. The van der Waals surface area contributed by atoms with Crippen molar-refractivity contribution in [2.45, 2.75) is 19.6 Å². The molecule has 0 atom stereocenters. The molecular formula is C20H24N6O2. The Labute approximate surface area is 163 Å². The fourth-order valence-corrected chi connectivity index (χ4v) is 3.63. The lowest BCUT2D eigenvalue weighted by molar-refractivity contribution is 0.0942. The summed E-state index contributed by atoms with van der Waals surface area (Å²) < 4.78 is 3.81. The van der Waals surface area contributed by atoms with Crippen LogP contribution in [0.4, 0.5) is 4.79 Å². The smallest absolute Gasteiger partial charge is 0.319 e. The van der Waals surface area contributed by atoms with Crippen molar-refractivity contribution in [2.24, 2.45) is 7.05 Å². The maximum atomic E-state index is 12.6. The molecule has 3 amide bonds. The van der Waals surface area contributed by atoms with Gasteiger partial charge in [-0.25, -0.2) is 4.79 Å². The van der Waals surface area contributed by atoms with E-state index < -0.39 is 0 Å². The molecule has 1 aromatic carbocycles. The van der Waals surface area contributed by atoms with Gasteiger partial charge in [-0.15, -0.1) is 0 Å². The molecule has 0 bridgehead atoms. The van der Waals surface area contributed by atoms with Crippen LogP contribution in [0.25, 0.3) is 10.9 Å². The number of carbonyl (C=O) groups is 2. The van der Waals surface area contributed by atoms with Crippen LogP contribution in [0.15, 0.2) is 36.4 Å². The summed E-state index contributed by atoms with van der Waals surface area (Å²) in [5, 5.41) is 8.56. The highest BCUT2D eigenvalue weighted by Gasteiger charge is 2.23. The molecule has 146 valence electrons. The number of carbonyl (C=O) groups excluding carboxylic acids is 2. The minimum absolute atomic E-state index is 0.00178. The lowest BCUT2D eigenvalue weighted by Crippen LogP contribution is -2.43. The normalized spacial score (nSPS) is 13.5. The lowest BCUT2D eigenvalue weighted by Gasteiger charge is -2.29. The molecule has 8 nitrogen and oxygen atoms in total. The Bertz CT molecular complexity index is 1050. The van der Waals surface area contributed by atoms with Crippen molar-refractivity contribution in [2.75, 3.05) is 20.6 Å². The molecule has 0 saturated carbocycles. The van der Waals surface area contributed by atoms with E-state index >= 15 is 0 Å². The van der Waals surface area contributed by atoms with Crippen molar-refractivity contribution in [3.8, 4) is 0 Å². The number of hydrogen-bond acceptors (Lipinski definition) is 3. The van der Waals surface area contributed by atoms with Gasteiger partial charge in [-0.3, -0.25) is 9.48 Å². The molecule has 2 aromatic heterocycles. The lowest BCUT2D eigenvalue weighted by atomic mass is 10.2. The molecule has 0 spiro atoms. The van der Waals surface area contributed by atoms with Crippen molar-refractivity contribution in [3.63, 3.8) is 0 Å². The van der Waals surface area contributed by atoms with E-state index in [1.165, 1.54) is 0 Å². The van der Waals surface area contributed by atoms with Crippen LogP contribution < -0.4 is 5.32 Å². The second-order valence-electron chi connectivity index (χ2n) is 7.28. The Hall–Kier alpha value is -3.29. The summed E-state index contributed by atoms with van der Waals surface area (Å²) in [6.07, 6.45) is 0. The number of amides is 3. The summed E-state index contributed by atoms with van der Waals surface area (Å²) in [6, 6.07) is 11.8. The quantitative estimate of drug-likeness (QED) is 0.753. The largest absolute Gasteiger partial charge is 0.345 e. The van der Waals surface area contributed by atoms with Gasteiger partial charge >= 0.3 is 6.03 Å². The van der Waals surface area contributed by atoms with Gasteiger partial charge in [0.25, 0.3) is 5.91 Å². The molecule has 0 radical (unpaired) electrons. The minimum atomic E-state index is -0.130. The van der Waals surface area contributed by atoms with Gasteiger partial charge in [0.2, 0.25) is 0 Å². The average Bonchev–Trinajstić information content (AvgIpc) is 3.26. The molecule has 1 N–H and O–H groups in total. The Morgan fingerprint density at radius 3 is 2.71 bits per heavy atom.